The monoisotopic (exact) mass is 308 g/mol. The Morgan fingerprint density at radius 2 is 1.65 bits per heavy atom. The van der Waals surface area contributed by atoms with Crippen LogP contribution in [-0.4, -0.2) is 17.7 Å². The standard InChI is InChI=1S/C19H16O4/c1-2-22-14-8-10-15(11-9-14)23-19(21)17-12-7-13-5-3-4-6-16(13)18(17)20/h3-12,20H,2H2,1H3. The van der Waals surface area contributed by atoms with E-state index in [4.69, 9.17) is 9.47 Å². The third-order valence-corrected chi connectivity index (χ3v) is 3.47. The van der Waals surface area contributed by atoms with E-state index < -0.39 is 5.97 Å². The van der Waals surface area contributed by atoms with Gasteiger partial charge in [0.1, 0.15) is 22.8 Å². The molecule has 0 amide bonds. The van der Waals surface area contributed by atoms with Crippen molar-refractivity contribution in [1.29, 1.82) is 0 Å². The normalized spacial score (nSPS) is 10.5. The maximum absolute atomic E-state index is 12.3. The summed E-state index contributed by atoms with van der Waals surface area (Å²) in [4.78, 5) is 12.3. The number of hydrogen-bond acceptors (Lipinski definition) is 4. The molecule has 0 saturated carbocycles. The van der Waals surface area contributed by atoms with Crippen LogP contribution in [0, 0.1) is 0 Å². The van der Waals surface area contributed by atoms with Gasteiger partial charge in [0.2, 0.25) is 0 Å². The maximum atomic E-state index is 12.3. The Kier molecular flexibility index (Phi) is 4.15. The quantitative estimate of drug-likeness (QED) is 0.581. The van der Waals surface area contributed by atoms with Gasteiger partial charge in [-0.3, -0.25) is 0 Å². The van der Waals surface area contributed by atoms with Crippen molar-refractivity contribution in [3.05, 3.63) is 66.2 Å². The summed E-state index contributed by atoms with van der Waals surface area (Å²) in [5.74, 6) is 0.434. The molecule has 0 aliphatic rings. The molecule has 3 aromatic rings. The van der Waals surface area contributed by atoms with Crippen LogP contribution in [0.2, 0.25) is 0 Å². The van der Waals surface area contributed by atoms with Crippen molar-refractivity contribution < 1.29 is 19.4 Å². The van der Waals surface area contributed by atoms with Gasteiger partial charge in [-0.2, -0.15) is 0 Å². The van der Waals surface area contributed by atoms with E-state index in [0.29, 0.717) is 23.5 Å². The number of esters is 1. The van der Waals surface area contributed by atoms with Gasteiger partial charge in [0.15, 0.2) is 0 Å². The van der Waals surface area contributed by atoms with Crippen molar-refractivity contribution in [1.82, 2.24) is 0 Å². The Bertz CT molecular complexity index is 838. The van der Waals surface area contributed by atoms with Crippen LogP contribution in [0.3, 0.4) is 0 Å². The molecule has 3 rings (SSSR count). The van der Waals surface area contributed by atoms with E-state index in [1.807, 2.05) is 25.1 Å². The summed E-state index contributed by atoms with van der Waals surface area (Å²) in [6.07, 6.45) is 0. The number of rotatable bonds is 4. The molecule has 0 unspecified atom stereocenters. The van der Waals surface area contributed by atoms with Gasteiger partial charge >= 0.3 is 5.97 Å². The highest BCUT2D eigenvalue weighted by Crippen LogP contribution is 2.29. The molecule has 0 radical (unpaired) electrons. The molecule has 0 aliphatic carbocycles. The van der Waals surface area contributed by atoms with E-state index in [2.05, 4.69) is 0 Å². The summed E-state index contributed by atoms with van der Waals surface area (Å²) in [7, 11) is 0. The third kappa shape index (κ3) is 3.11. The number of phenolic OH excluding ortho intramolecular Hbond substituents is 1. The molecule has 23 heavy (non-hydrogen) atoms. The minimum atomic E-state index is -0.600. The third-order valence-electron chi connectivity index (χ3n) is 3.47. The molecule has 0 heterocycles. The van der Waals surface area contributed by atoms with Gasteiger partial charge in [0.05, 0.1) is 6.61 Å². The first-order valence-electron chi connectivity index (χ1n) is 7.35. The molecule has 0 bridgehead atoms. The number of phenols is 1. The van der Waals surface area contributed by atoms with E-state index in [9.17, 15) is 9.90 Å². The summed E-state index contributed by atoms with van der Waals surface area (Å²) in [5, 5.41) is 11.8. The second-order valence-electron chi connectivity index (χ2n) is 4.98. The van der Waals surface area contributed by atoms with Gasteiger partial charge in [-0.25, -0.2) is 4.79 Å². The fraction of sp³-hybridized carbons (Fsp3) is 0.105. The summed E-state index contributed by atoms with van der Waals surface area (Å²) < 4.78 is 10.6. The zero-order chi connectivity index (χ0) is 16.2. The molecular weight excluding hydrogens is 292 g/mol. The van der Waals surface area contributed by atoms with Crippen molar-refractivity contribution in [2.75, 3.05) is 6.61 Å². The highest BCUT2D eigenvalue weighted by Gasteiger charge is 2.15. The minimum absolute atomic E-state index is 0.0703. The van der Waals surface area contributed by atoms with E-state index in [-0.39, 0.29) is 11.3 Å². The highest BCUT2D eigenvalue weighted by molar-refractivity contribution is 6.01. The van der Waals surface area contributed by atoms with Crippen molar-refractivity contribution >= 4 is 16.7 Å². The topological polar surface area (TPSA) is 55.8 Å². The number of hydrogen-bond donors (Lipinski definition) is 1. The molecule has 3 aromatic carbocycles. The molecule has 4 nitrogen and oxygen atoms in total. The van der Waals surface area contributed by atoms with Crippen molar-refractivity contribution in [3.63, 3.8) is 0 Å². The average molecular weight is 308 g/mol. The molecule has 0 aliphatic heterocycles. The van der Waals surface area contributed by atoms with Crippen LogP contribution < -0.4 is 9.47 Å². The smallest absolute Gasteiger partial charge is 0.347 e. The van der Waals surface area contributed by atoms with Crippen molar-refractivity contribution in [2.24, 2.45) is 0 Å². The van der Waals surface area contributed by atoms with Crippen molar-refractivity contribution in [3.8, 4) is 17.2 Å². The molecule has 0 spiro atoms. The molecular formula is C19H16O4. The Morgan fingerprint density at radius 3 is 2.39 bits per heavy atom. The van der Waals surface area contributed by atoms with E-state index in [1.54, 1.807) is 42.5 Å². The molecule has 0 fully saturated rings. The maximum Gasteiger partial charge on any atom is 0.347 e. The van der Waals surface area contributed by atoms with E-state index in [1.165, 1.54) is 0 Å². The van der Waals surface area contributed by atoms with Crippen LogP contribution in [0.1, 0.15) is 17.3 Å². The molecule has 0 saturated heterocycles. The zero-order valence-electron chi connectivity index (χ0n) is 12.7. The molecule has 4 heteroatoms. The predicted octanol–water partition coefficient (Wildman–Crippen LogP) is 4.16. The highest BCUT2D eigenvalue weighted by atomic mass is 16.5. The van der Waals surface area contributed by atoms with E-state index >= 15 is 0 Å². The van der Waals surface area contributed by atoms with Crippen LogP contribution in [0.4, 0.5) is 0 Å². The van der Waals surface area contributed by atoms with Crippen LogP contribution in [0.5, 0.6) is 17.2 Å². The fourth-order valence-corrected chi connectivity index (χ4v) is 2.35. The summed E-state index contributed by atoms with van der Waals surface area (Å²) in [5.41, 5.74) is 0.137. The van der Waals surface area contributed by atoms with Gasteiger partial charge < -0.3 is 14.6 Å². The van der Waals surface area contributed by atoms with Crippen LogP contribution in [0.15, 0.2) is 60.7 Å². The lowest BCUT2D eigenvalue weighted by atomic mass is 10.1. The Labute approximate surface area is 133 Å². The van der Waals surface area contributed by atoms with Gasteiger partial charge in [0, 0.05) is 5.39 Å². The van der Waals surface area contributed by atoms with Gasteiger partial charge in [0.25, 0.3) is 0 Å². The number of benzene rings is 3. The number of ether oxygens (including phenoxy) is 2. The van der Waals surface area contributed by atoms with Gasteiger partial charge in [-0.15, -0.1) is 0 Å². The van der Waals surface area contributed by atoms with Crippen molar-refractivity contribution in [2.45, 2.75) is 6.92 Å². The van der Waals surface area contributed by atoms with Gasteiger partial charge in [-0.05, 0) is 42.6 Å². The van der Waals surface area contributed by atoms with Crippen LogP contribution in [0.25, 0.3) is 10.8 Å². The first-order chi connectivity index (χ1) is 11.2. The Balaban J connectivity index is 1.84. The van der Waals surface area contributed by atoms with E-state index in [0.717, 1.165) is 5.39 Å². The largest absolute Gasteiger partial charge is 0.506 e. The zero-order valence-corrected chi connectivity index (χ0v) is 12.7. The molecule has 1 N–H and O–H groups in total. The predicted molar refractivity (Wildman–Crippen MR) is 88.2 cm³/mol. The average Bonchev–Trinajstić information content (AvgIpc) is 2.57. The lowest BCUT2D eigenvalue weighted by molar-refractivity contribution is 0.0732. The Hall–Kier alpha value is -3.01. The second kappa shape index (κ2) is 6.40. The Morgan fingerprint density at radius 1 is 0.957 bits per heavy atom. The SMILES string of the molecule is CCOc1ccc(OC(=O)c2ccc3ccccc3c2O)cc1. The van der Waals surface area contributed by atoms with Crippen LogP contribution >= 0.6 is 0 Å². The summed E-state index contributed by atoms with van der Waals surface area (Å²) in [6, 6.07) is 17.4. The van der Waals surface area contributed by atoms with Crippen LogP contribution in [-0.2, 0) is 0 Å². The minimum Gasteiger partial charge on any atom is -0.506 e. The fourth-order valence-electron chi connectivity index (χ4n) is 2.35. The van der Waals surface area contributed by atoms with Gasteiger partial charge in [-0.1, -0.05) is 30.3 Å². The molecule has 0 aromatic heterocycles. The number of fused-ring (bicyclic) bond motifs is 1. The first-order valence-corrected chi connectivity index (χ1v) is 7.35. The second-order valence-corrected chi connectivity index (χ2v) is 4.98. The number of aromatic hydroxyl groups is 1. The summed E-state index contributed by atoms with van der Waals surface area (Å²) in [6.45, 7) is 2.47. The lowest BCUT2D eigenvalue weighted by Crippen LogP contribution is -2.08. The number of carbonyl (C=O) groups is 1. The molecule has 116 valence electrons. The summed E-state index contributed by atoms with van der Waals surface area (Å²) >= 11 is 0. The molecule has 0 atom stereocenters. The lowest BCUT2D eigenvalue weighted by Gasteiger charge is -2.09. The number of carbonyl (C=O) groups excluding carboxylic acids is 1. The first kappa shape index (κ1) is 14.9.